The van der Waals surface area contributed by atoms with Gasteiger partial charge in [0.15, 0.2) is 5.78 Å². The van der Waals surface area contributed by atoms with Gasteiger partial charge >= 0.3 is 0 Å². The molecule has 20 heavy (non-hydrogen) atoms. The lowest BCUT2D eigenvalue weighted by Gasteiger charge is -2.38. The summed E-state index contributed by atoms with van der Waals surface area (Å²) >= 11 is 0. The SMILES string of the molecule is CCc1ccc(CC(=O)C(C)(CC)N(CC)CC)cc1. The number of hydrogen-bond acceptors (Lipinski definition) is 2. The summed E-state index contributed by atoms with van der Waals surface area (Å²) in [4.78, 5) is 15.0. The summed E-state index contributed by atoms with van der Waals surface area (Å²) < 4.78 is 0. The highest BCUT2D eigenvalue weighted by Crippen LogP contribution is 2.22. The third-order valence-electron chi connectivity index (χ3n) is 4.55. The molecule has 0 radical (unpaired) electrons. The lowest BCUT2D eigenvalue weighted by Crippen LogP contribution is -2.52. The van der Waals surface area contributed by atoms with E-state index in [1.807, 2.05) is 0 Å². The third kappa shape index (κ3) is 3.69. The van der Waals surface area contributed by atoms with Gasteiger partial charge in [0.05, 0.1) is 5.54 Å². The fourth-order valence-corrected chi connectivity index (χ4v) is 2.79. The van der Waals surface area contributed by atoms with Crippen LogP contribution in [0.1, 0.15) is 52.2 Å². The number of nitrogens with zero attached hydrogens (tertiary/aromatic N) is 1. The first-order valence-corrected chi connectivity index (χ1v) is 7.87. The Kier molecular flexibility index (Phi) is 6.41. The zero-order valence-corrected chi connectivity index (χ0v) is 13.7. The highest BCUT2D eigenvalue weighted by molar-refractivity contribution is 5.89. The van der Waals surface area contributed by atoms with E-state index in [2.05, 4.69) is 63.8 Å². The molecule has 0 bridgehead atoms. The maximum absolute atomic E-state index is 12.7. The van der Waals surface area contributed by atoms with E-state index >= 15 is 0 Å². The highest BCUT2D eigenvalue weighted by Gasteiger charge is 2.35. The lowest BCUT2D eigenvalue weighted by molar-refractivity contribution is -0.129. The van der Waals surface area contributed by atoms with Crippen LogP contribution in [-0.4, -0.2) is 29.3 Å². The van der Waals surface area contributed by atoms with Gasteiger partial charge in [-0.05, 0) is 44.0 Å². The summed E-state index contributed by atoms with van der Waals surface area (Å²) in [5.74, 6) is 0.327. The lowest BCUT2D eigenvalue weighted by atomic mass is 9.87. The number of hydrogen-bond donors (Lipinski definition) is 0. The van der Waals surface area contributed by atoms with Gasteiger partial charge in [0.1, 0.15) is 0 Å². The topological polar surface area (TPSA) is 20.3 Å². The van der Waals surface area contributed by atoms with Gasteiger partial charge in [-0.2, -0.15) is 0 Å². The quantitative estimate of drug-likeness (QED) is 0.718. The molecule has 0 N–H and O–H groups in total. The summed E-state index contributed by atoms with van der Waals surface area (Å²) in [5, 5.41) is 0. The van der Waals surface area contributed by atoms with Crippen molar-refractivity contribution in [3.8, 4) is 0 Å². The second kappa shape index (κ2) is 7.58. The van der Waals surface area contributed by atoms with Gasteiger partial charge in [-0.25, -0.2) is 0 Å². The van der Waals surface area contributed by atoms with E-state index in [9.17, 15) is 4.79 Å². The van der Waals surface area contributed by atoms with Crippen LogP contribution < -0.4 is 0 Å². The van der Waals surface area contributed by atoms with E-state index in [0.29, 0.717) is 12.2 Å². The largest absolute Gasteiger partial charge is 0.297 e. The summed E-state index contributed by atoms with van der Waals surface area (Å²) in [7, 11) is 0. The fraction of sp³-hybridized carbons (Fsp3) is 0.611. The molecule has 0 amide bonds. The maximum atomic E-state index is 12.7. The Morgan fingerprint density at radius 3 is 1.90 bits per heavy atom. The van der Waals surface area contributed by atoms with Gasteiger partial charge in [0.2, 0.25) is 0 Å². The zero-order chi connectivity index (χ0) is 15.2. The molecule has 0 aliphatic carbocycles. The second-order valence-corrected chi connectivity index (χ2v) is 5.57. The van der Waals surface area contributed by atoms with E-state index in [-0.39, 0.29) is 5.54 Å². The molecular formula is C18H29NO. The normalized spacial score (nSPS) is 14.3. The molecule has 1 aromatic carbocycles. The molecular weight excluding hydrogens is 246 g/mol. The minimum Gasteiger partial charge on any atom is -0.297 e. The Labute approximate surface area is 124 Å². The standard InChI is InChI=1S/C18H29NO/c1-6-15-10-12-16(13-11-15)14-17(20)18(5,7-2)19(8-3)9-4/h10-13H,6-9,14H2,1-5H3. The van der Waals surface area contributed by atoms with Crippen molar-refractivity contribution in [2.24, 2.45) is 0 Å². The molecule has 0 spiro atoms. The molecule has 0 fully saturated rings. The Hall–Kier alpha value is -1.15. The molecule has 0 saturated carbocycles. The van der Waals surface area contributed by atoms with Crippen LogP contribution in [-0.2, 0) is 17.6 Å². The average Bonchev–Trinajstić information content (AvgIpc) is 2.48. The second-order valence-electron chi connectivity index (χ2n) is 5.57. The average molecular weight is 275 g/mol. The third-order valence-corrected chi connectivity index (χ3v) is 4.55. The van der Waals surface area contributed by atoms with Crippen LogP contribution >= 0.6 is 0 Å². The number of carbonyl (C=O) groups excluding carboxylic acids is 1. The van der Waals surface area contributed by atoms with Crippen molar-refractivity contribution in [1.29, 1.82) is 0 Å². The van der Waals surface area contributed by atoms with Gasteiger partial charge in [0, 0.05) is 6.42 Å². The number of ketones is 1. The first-order chi connectivity index (χ1) is 9.51. The Balaban J connectivity index is 2.85. The van der Waals surface area contributed by atoms with E-state index in [1.165, 1.54) is 5.56 Å². The van der Waals surface area contributed by atoms with E-state index < -0.39 is 0 Å². The van der Waals surface area contributed by atoms with Crippen molar-refractivity contribution >= 4 is 5.78 Å². The fourth-order valence-electron chi connectivity index (χ4n) is 2.79. The first-order valence-electron chi connectivity index (χ1n) is 7.87. The molecule has 112 valence electrons. The monoisotopic (exact) mass is 275 g/mol. The Morgan fingerprint density at radius 2 is 1.50 bits per heavy atom. The minimum absolute atomic E-state index is 0.327. The molecule has 0 aliphatic rings. The summed E-state index contributed by atoms with van der Waals surface area (Å²) in [6, 6.07) is 8.44. The Morgan fingerprint density at radius 1 is 1.00 bits per heavy atom. The van der Waals surface area contributed by atoms with Crippen LogP contribution in [0.4, 0.5) is 0 Å². The molecule has 2 nitrogen and oxygen atoms in total. The molecule has 1 atom stereocenters. The smallest absolute Gasteiger partial charge is 0.157 e. The van der Waals surface area contributed by atoms with Crippen LogP contribution in [0.15, 0.2) is 24.3 Å². The molecule has 2 heteroatoms. The van der Waals surface area contributed by atoms with Crippen LogP contribution in [0, 0.1) is 0 Å². The van der Waals surface area contributed by atoms with Gasteiger partial charge in [0.25, 0.3) is 0 Å². The molecule has 0 saturated heterocycles. The summed E-state index contributed by atoms with van der Waals surface area (Å²) in [5.41, 5.74) is 2.11. The minimum atomic E-state index is -0.340. The van der Waals surface area contributed by atoms with Gasteiger partial charge in [-0.1, -0.05) is 52.0 Å². The van der Waals surface area contributed by atoms with E-state index in [0.717, 1.165) is 31.5 Å². The predicted molar refractivity (Wildman–Crippen MR) is 86.1 cm³/mol. The molecule has 1 unspecified atom stereocenters. The number of likely N-dealkylation sites (N-methyl/N-ethyl adjacent to an activating group) is 1. The number of aryl methyl sites for hydroxylation is 1. The number of rotatable bonds is 8. The van der Waals surface area contributed by atoms with Crippen LogP contribution in [0.3, 0.4) is 0 Å². The number of benzene rings is 1. The Bertz CT molecular complexity index is 420. The molecule has 0 heterocycles. The van der Waals surface area contributed by atoms with Crippen molar-refractivity contribution < 1.29 is 4.79 Å². The predicted octanol–water partition coefficient (Wildman–Crippen LogP) is 3.87. The van der Waals surface area contributed by atoms with Gasteiger partial charge in [-0.15, -0.1) is 0 Å². The van der Waals surface area contributed by atoms with Crippen molar-refractivity contribution in [2.75, 3.05) is 13.1 Å². The van der Waals surface area contributed by atoms with Crippen molar-refractivity contribution in [2.45, 2.75) is 59.4 Å². The van der Waals surface area contributed by atoms with Crippen molar-refractivity contribution in [1.82, 2.24) is 4.90 Å². The first kappa shape index (κ1) is 16.9. The van der Waals surface area contributed by atoms with Crippen LogP contribution in [0.2, 0.25) is 0 Å². The van der Waals surface area contributed by atoms with Crippen molar-refractivity contribution in [3.05, 3.63) is 35.4 Å². The van der Waals surface area contributed by atoms with Crippen LogP contribution in [0.25, 0.3) is 0 Å². The van der Waals surface area contributed by atoms with Crippen molar-refractivity contribution in [3.63, 3.8) is 0 Å². The number of carbonyl (C=O) groups is 1. The summed E-state index contributed by atoms with van der Waals surface area (Å²) in [6.07, 6.45) is 2.44. The molecule has 1 aromatic rings. The molecule has 0 aromatic heterocycles. The van der Waals surface area contributed by atoms with E-state index in [4.69, 9.17) is 0 Å². The van der Waals surface area contributed by atoms with Crippen LogP contribution in [0.5, 0.6) is 0 Å². The molecule has 1 rings (SSSR count). The van der Waals surface area contributed by atoms with Gasteiger partial charge < -0.3 is 0 Å². The van der Waals surface area contributed by atoms with E-state index in [1.54, 1.807) is 0 Å². The zero-order valence-electron chi connectivity index (χ0n) is 13.7. The summed E-state index contributed by atoms with van der Waals surface area (Å²) in [6.45, 7) is 12.4. The molecule has 0 aliphatic heterocycles. The highest BCUT2D eigenvalue weighted by atomic mass is 16.1. The number of Topliss-reactive ketones (excluding diaryl/α,β-unsaturated/α-hetero) is 1. The maximum Gasteiger partial charge on any atom is 0.157 e. The van der Waals surface area contributed by atoms with Gasteiger partial charge in [-0.3, -0.25) is 9.69 Å².